The molecule has 21 heavy (non-hydrogen) atoms. The van der Waals surface area contributed by atoms with Gasteiger partial charge in [-0.25, -0.2) is 0 Å². The number of aromatic nitrogens is 1. The Morgan fingerprint density at radius 3 is 2.71 bits per heavy atom. The summed E-state index contributed by atoms with van der Waals surface area (Å²) in [5.41, 5.74) is 2.86. The van der Waals surface area contributed by atoms with Crippen molar-refractivity contribution < 1.29 is 0 Å². The molecule has 2 fully saturated rings. The van der Waals surface area contributed by atoms with Crippen LogP contribution in [0.25, 0.3) is 10.9 Å². The van der Waals surface area contributed by atoms with Crippen molar-refractivity contribution in [3.63, 3.8) is 0 Å². The maximum absolute atomic E-state index is 3.49. The molecule has 2 aliphatic rings. The van der Waals surface area contributed by atoms with Gasteiger partial charge in [-0.1, -0.05) is 18.2 Å². The first-order valence-corrected chi connectivity index (χ1v) is 8.44. The van der Waals surface area contributed by atoms with Crippen molar-refractivity contribution in [3.8, 4) is 0 Å². The molecule has 0 saturated heterocycles. The van der Waals surface area contributed by atoms with E-state index in [2.05, 4.69) is 61.2 Å². The van der Waals surface area contributed by atoms with Gasteiger partial charge in [0, 0.05) is 35.1 Å². The predicted octanol–water partition coefficient (Wildman–Crippen LogP) is 4.39. The van der Waals surface area contributed by atoms with Gasteiger partial charge < -0.3 is 9.88 Å². The molecule has 0 spiro atoms. The Morgan fingerprint density at radius 2 is 1.90 bits per heavy atom. The number of fused-ring (bicyclic) bond motifs is 3. The summed E-state index contributed by atoms with van der Waals surface area (Å²) < 4.78 is 0. The summed E-state index contributed by atoms with van der Waals surface area (Å²) in [6, 6.07) is 10.1. The highest BCUT2D eigenvalue weighted by Crippen LogP contribution is 2.55. The molecule has 2 nitrogen and oxygen atoms in total. The quantitative estimate of drug-likeness (QED) is 0.884. The summed E-state index contributed by atoms with van der Waals surface area (Å²) in [5, 5.41) is 1.44. The lowest BCUT2D eigenvalue weighted by Gasteiger charge is -2.40. The SMILES string of the molecule is CC(C)N(C)[C@@H]1[C@@H]2CC[C@@H](C2)[C@H]1c1c[nH]c2ccccc12. The molecule has 1 aromatic carbocycles. The molecule has 0 unspecified atom stereocenters. The largest absolute Gasteiger partial charge is 0.361 e. The number of rotatable bonds is 3. The van der Waals surface area contributed by atoms with E-state index >= 15 is 0 Å². The van der Waals surface area contributed by atoms with Crippen molar-refractivity contribution in [2.45, 2.75) is 51.1 Å². The minimum absolute atomic E-state index is 0.627. The molecule has 1 heterocycles. The van der Waals surface area contributed by atoms with Crippen LogP contribution in [0.3, 0.4) is 0 Å². The number of hydrogen-bond acceptors (Lipinski definition) is 1. The molecular weight excluding hydrogens is 256 g/mol. The van der Waals surface area contributed by atoms with Crippen LogP contribution in [0, 0.1) is 11.8 Å². The molecule has 4 atom stereocenters. The molecule has 112 valence electrons. The van der Waals surface area contributed by atoms with E-state index in [1.54, 1.807) is 5.56 Å². The topological polar surface area (TPSA) is 19.0 Å². The van der Waals surface area contributed by atoms with Crippen LogP contribution in [-0.4, -0.2) is 29.0 Å². The van der Waals surface area contributed by atoms with Gasteiger partial charge in [-0.05, 0) is 63.6 Å². The third kappa shape index (κ3) is 1.96. The lowest BCUT2D eigenvalue weighted by molar-refractivity contribution is 0.123. The number of H-pyrrole nitrogens is 1. The maximum atomic E-state index is 3.49. The van der Waals surface area contributed by atoms with E-state index in [1.165, 1.54) is 30.2 Å². The zero-order valence-corrected chi connectivity index (χ0v) is 13.3. The number of benzene rings is 1. The van der Waals surface area contributed by atoms with Crippen LogP contribution >= 0.6 is 0 Å². The highest BCUT2D eigenvalue weighted by atomic mass is 15.2. The average molecular weight is 282 g/mol. The van der Waals surface area contributed by atoms with E-state index in [4.69, 9.17) is 0 Å². The van der Waals surface area contributed by atoms with Crippen molar-refractivity contribution in [2.75, 3.05) is 7.05 Å². The molecule has 0 aliphatic heterocycles. The molecule has 2 aliphatic carbocycles. The summed E-state index contributed by atoms with van der Waals surface area (Å²) in [6.07, 6.45) is 6.59. The molecule has 2 heteroatoms. The average Bonchev–Trinajstić information content (AvgIpc) is 3.19. The highest BCUT2D eigenvalue weighted by Gasteiger charge is 2.50. The van der Waals surface area contributed by atoms with Gasteiger partial charge in [0.15, 0.2) is 0 Å². The van der Waals surface area contributed by atoms with E-state index in [-0.39, 0.29) is 0 Å². The fourth-order valence-electron chi connectivity index (χ4n) is 5.00. The molecule has 4 rings (SSSR count). The molecule has 0 radical (unpaired) electrons. The van der Waals surface area contributed by atoms with E-state index in [9.17, 15) is 0 Å². The first-order chi connectivity index (χ1) is 10.2. The lowest BCUT2D eigenvalue weighted by atomic mass is 9.78. The van der Waals surface area contributed by atoms with Gasteiger partial charge in [0.1, 0.15) is 0 Å². The van der Waals surface area contributed by atoms with Crippen LogP contribution < -0.4 is 0 Å². The number of para-hydroxylation sites is 1. The van der Waals surface area contributed by atoms with Gasteiger partial charge in [-0.2, -0.15) is 0 Å². The Bertz CT molecular complexity index is 642. The summed E-state index contributed by atoms with van der Waals surface area (Å²) in [4.78, 5) is 6.13. The number of likely N-dealkylation sites (N-methyl/N-ethyl adjacent to an activating group) is 1. The van der Waals surface area contributed by atoms with Gasteiger partial charge in [0.05, 0.1) is 0 Å². The lowest BCUT2D eigenvalue weighted by Crippen LogP contribution is -2.44. The van der Waals surface area contributed by atoms with Gasteiger partial charge in [-0.15, -0.1) is 0 Å². The summed E-state index contributed by atoms with van der Waals surface area (Å²) >= 11 is 0. The Labute approximate surface area is 127 Å². The molecule has 1 aromatic heterocycles. The Morgan fingerprint density at radius 1 is 1.14 bits per heavy atom. The smallest absolute Gasteiger partial charge is 0.0456 e. The monoisotopic (exact) mass is 282 g/mol. The second-order valence-electron chi connectivity index (χ2n) is 7.40. The van der Waals surface area contributed by atoms with Crippen molar-refractivity contribution in [1.29, 1.82) is 0 Å². The van der Waals surface area contributed by atoms with Crippen LogP contribution in [-0.2, 0) is 0 Å². The first kappa shape index (κ1) is 13.4. The first-order valence-electron chi connectivity index (χ1n) is 8.44. The number of nitrogens with zero attached hydrogens (tertiary/aromatic N) is 1. The fraction of sp³-hybridized carbons (Fsp3) is 0.579. The Hall–Kier alpha value is -1.28. The van der Waals surface area contributed by atoms with Crippen LogP contribution in [0.15, 0.2) is 30.5 Å². The second kappa shape index (κ2) is 4.88. The molecule has 2 bridgehead atoms. The normalized spacial score (nSPS) is 31.9. The molecule has 1 N–H and O–H groups in total. The zero-order chi connectivity index (χ0) is 14.6. The summed E-state index contributed by atoms with van der Waals surface area (Å²) in [6.45, 7) is 4.66. The highest BCUT2D eigenvalue weighted by molar-refractivity contribution is 5.83. The van der Waals surface area contributed by atoms with Gasteiger partial charge in [-0.3, -0.25) is 0 Å². The van der Waals surface area contributed by atoms with E-state index in [0.29, 0.717) is 12.0 Å². The van der Waals surface area contributed by atoms with Crippen LogP contribution in [0.4, 0.5) is 0 Å². The van der Waals surface area contributed by atoms with Crippen molar-refractivity contribution in [2.24, 2.45) is 11.8 Å². The van der Waals surface area contributed by atoms with Crippen molar-refractivity contribution >= 4 is 10.9 Å². The zero-order valence-electron chi connectivity index (χ0n) is 13.3. The second-order valence-corrected chi connectivity index (χ2v) is 7.40. The number of nitrogens with one attached hydrogen (secondary N) is 1. The summed E-state index contributed by atoms with van der Waals surface area (Å²) in [7, 11) is 2.33. The van der Waals surface area contributed by atoms with E-state index < -0.39 is 0 Å². The third-order valence-electron chi connectivity index (χ3n) is 6.14. The van der Waals surface area contributed by atoms with Crippen molar-refractivity contribution in [1.82, 2.24) is 9.88 Å². The summed E-state index contributed by atoms with van der Waals surface area (Å²) in [5.74, 6) is 2.51. The molecule has 0 amide bonds. The van der Waals surface area contributed by atoms with Crippen LogP contribution in [0.5, 0.6) is 0 Å². The van der Waals surface area contributed by atoms with Gasteiger partial charge >= 0.3 is 0 Å². The fourth-order valence-corrected chi connectivity index (χ4v) is 5.00. The molecule has 2 saturated carbocycles. The van der Waals surface area contributed by atoms with Crippen molar-refractivity contribution in [3.05, 3.63) is 36.0 Å². The Kier molecular flexibility index (Phi) is 3.11. The number of aromatic amines is 1. The van der Waals surface area contributed by atoms with E-state index in [0.717, 1.165) is 17.9 Å². The van der Waals surface area contributed by atoms with Gasteiger partial charge in [0.2, 0.25) is 0 Å². The number of hydrogen-bond donors (Lipinski definition) is 1. The third-order valence-corrected chi connectivity index (χ3v) is 6.14. The van der Waals surface area contributed by atoms with E-state index in [1.807, 2.05) is 0 Å². The predicted molar refractivity (Wildman–Crippen MR) is 88.6 cm³/mol. The van der Waals surface area contributed by atoms with Crippen LogP contribution in [0.2, 0.25) is 0 Å². The standard InChI is InChI=1S/C19H26N2/c1-12(2)21(3)19-14-9-8-13(10-14)18(19)16-11-20-17-7-5-4-6-15(16)17/h4-7,11-14,18-20H,8-10H2,1-3H3/t13-,14+,18-,19+/m0/s1. The van der Waals surface area contributed by atoms with Gasteiger partial charge in [0.25, 0.3) is 0 Å². The maximum Gasteiger partial charge on any atom is 0.0456 e. The molecule has 2 aromatic rings. The Balaban J connectivity index is 1.78. The van der Waals surface area contributed by atoms with Crippen LogP contribution in [0.1, 0.15) is 44.6 Å². The minimum Gasteiger partial charge on any atom is -0.361 e. The molecular formula is C19H26N2. The minimum atomic E-state index is 0.627.